The van der Waals surface area contributed by atoms with Crippen LogP contribution in [-0.4, -0.2) is 32.1 Å². The van der Waals surface area contributed by atoms with Gasteiger partial charge < -0.3 is 14.8 Å². The van der Waals surface area contributed by atoms with Gasteiger partial charge in [-0.2, -0.15) is 0 Å². The average molecular weight is 334 g/mol. The predicted molar refractivity (Wildman–Crippen MR) is 81.1 cm³/mol. The number of rotatable bonds is 6. The monoisotopic (exact) mass is 333 g/mol. The largest absolute Gasteiger partial charge is 0.494 e. The lowest BCUT2D eigenvalue weighted by atomic mass is 10.2. The maximum atomic E-state index is 11.8. The van der Waals surface area contributed by atoms with Crippen molar-refractivity contribution < 1.29 is 19.1 Å². The molecule has 0 aromatic heterocycles. The van der Waals surface area contributed by atoms with Crippen LogP contribution >= 0.6 is 23.2 Å². The first-order valence-electron chi connectivity index (χ1n) is 6.32. The lowest BCUT2D eigenvalue weighted by Gasteiger charge is -2.10. The Morgan fingerprint density at radius 3 is 2.29 bits per heavy atom. The van der Waals surface area contributed by atoms with Gasteiger partial charge in [0.05, 0.1) is 22.7 Å². The van der Waals surface area contributed by atoms with E-state index in [-0.39, 0.29) is 33.9 Å². The van der Waals surface area contributed by atoms with E-state index in [0.717, 1.165) is 0 Å². The molecule has 1 aromatic rings. The second-order valence-corrected chi connectivity index (χ2v) is 5.56. The van der Waals surface area contributed by atoms with Crippen LogP contribution in [0.25, 0.3) is 0 Å². The Morgan fingerprint density at radius 2 is 1.81 bits per heavy atom. The molecule has 0 heterocycles. The number of benzene rings is 1. The summed E-state index contributed by atoms with van der Waals surface area (Å²) in [5.41, 5.74) is 0.155. The van der Waals surface area contributed by atoms with Gasteiger partial charge in [-0.1, -0.05) is 37.0 Å². The van der Waals surface area contributed by atoms with E-state index in [1.165, 1.54) is 19.2 Å². The molecule has 5 nitrogen and oxygen atoms in total. The molecule has 1 amide bonds. The molecule has 7 heteroatoms. The van der Waals surface area contributed by atoms with Crippen LogP contribution < -0.4 is 10.1 Å². The number of nitrogens with one attached hydrogen (secondary N) is 1. The average Bonchev–Trinajstić information content (AvgIpc) is 2.42. The van der Waals surface area contributed by atoms with Gasteiger partial charge in [0.2, 0.25) is 0 Å². The van der Waals surface area contributed by atoms with Crippen molar-refractivity contribution >= 4 is 35.1 Å². The van der Waals surface area contributed by atoms with Crippen LogP contribution in [0.4, 0.5) is 0 Å². The number of amides is 1. The third-order valence-corrected chi connectivity index (χ3v) is 3.04. The molecule has 0 saturated carbocycles. The molecule has 0 saturated heterocycles. The minimum Gasteiger partial charge on any atom is -0.494 e. The Labute approximate surface area is 133 Å². The Bertz CT molecular complexity index is 509. The van der Waals surface area contributed by atoms with Gasteiger partial charge in [-0.3, -0.25) is 4.79 Å². The van der Waals surface area contributed by atoms with Gasteiger partial charge in [-0.05, 0) is 18.1 Å². The van der Waals surface area contributed by atoms with Crippen molar-refractivity contribution in [1.29, 1.82) is 0 Å². The standard InChI is InChI=1S/C14H17Cl2NO4/c1-8(2)6-17-12(18)7-21-14(19)9-4-10(15)13(20-3)11(16)5-9/h4-5,8H,6-7H2,1-3H3,(H,17,18). The van der Waals surface area contributed by atoms with Gasteiger partial charge in [0.15, 0.2) is 12.4 Å². The van der Waals surface area contributed by atoms with Crippen molar-refractivity contribution in [3.63, 3.8) is 0 Å². The van der Waals surface area contributed by atoms with Gasteiger partial charge in [0, 0.05) is 6.54 Å². The third-order valence-electron chi connectivity index (χ3n) is 2.48. The second kappa shape index (κ2) is 8.10. The molecule has 1 N–H and O–H groups in total. The van der Waals surface area contributed by atoms with E-state index in [1.807, 2.05) is 13.8 Å². The summed E-state index contributed by atoms with van der Waals surface area (Å²) in [6.45, 7) is 4.10. The molecule has 0 fully saturated rings. The fraction of sp³-hybridized carbons (Fsp3) is 0.429. The molecule has 0 aliphatic rings. The molecule has 1 aromatic carbocycles. The van der Waals surface area contributed by atoms with Crippen molar-refractivity contribution in [3.05, 3.63) is 27.7 Å². The molecule has 0 aliphatic carbocycles. The van der Waals surface area contributed by atoms with Gasteiger partial charge in [-0.15, -0.1) is 0 Å². The van der Waals surface area contributed by atoms with E-state index in [0.29, 0.717) is 12.5 Å². The summed E-state index contributed by atoms with van der Waals surface area (Å²) in [6.07, 6.45) is 0. The van der Waals surface area contributed by atoms with Crippen molar-refractivity contribution in [2.45, 2.75) is 13.8 Å². The Morgan fingerprint density at radius 1 is 1.24 bits per heavy atom. The van der Waals surface area contributed by atoms with Gasteiger partial charge in [0.1, 0.15) is 0 Å². The van der Waals surface area contributed by atoms with E-state index < -0.39 is 5.97 Å². The fourth-order valence-electron chi connectivity index (χ4n) is 1.46. The van der Waals surface area contributed by atoms with Crippen molar-refractivity contribution in [1.82, 2.24) is 5.32 Å². The second-order valence-electron chi connectivity index (χ2n) is 4.75. The van der Waals surface area contributed by atoms with Crippen LogP contribution in [0.1, 0.15) is 24.2 Å². The molecule has 21 heavy (non-hydrogen) atoms. The summed E-state index contributed by atoms with van der Waals surface area (Å²) in [6, 6.07) is 2.75. The number of carbonyl (C=O) groups is 2. The molecule has 0 aliphatic heterocycles. The van der Waals surface area contributed by atoms with Crippen molar-refractivity contribution in [3.8, 4) is 5.75 Å². The Balaban J connectivity index is 2.62. The topological polar surface area (TPSA) is 64.6 Å². The van der Waals surface area contributed by atoms with Gasteiger partial charge >= 0.3 is 5.97 Å². The number of hydrogen-bond donors (Lipinski definition) is 1. The smallest absolute Gasteiger partial charge is 0.338 e. The first-order valence-corrected chi connectivity index (χ1v) is 7.07. The normalized spacial score (nSPS) is 10.4. The summed E-state index contributed by atoms with van der Waals surface area (Å²) in [5.74, 6) is -0.433. The summed E-state index contributed by atoms with van der Waals surface area (Å²) in [7, 11) is 1.42. The maximum Gasteiger partial charge on any atom is 0.338 e. The highest BCUT2D eigenvalue weighted by Crippen LogP contribution is 2.33. The quantitative estimate of drug-likeness (QED) is 0.813. The van der Waals surface area contributed by atoms with Crippen LogP contribution in [0.3, 0.4) is 0 Å². The van der Waals surface area contributed by atoms with Crippen molar-refractivity contribution in [2.24, 2.45) is 5.92 Å². The molecule has 1 rings (SSSR count). The lowest BCUT2D eigenvalue weighted by Crippen LogP contribution is -2.31. The third kappa shape index (κ3) is 5.44. The molecule has 0 unspecified atom stereocenters. The van der Waals surface area contributed by atoms with Gasteiger partial charge in [0.25, 0.3) is 5.91 Å². The van der Waals surface area contributed by atoms with Crippen LogP contribution in [0, 0.1) is 5.92 Å². The van der Waals surface area contributed by atoms with E-state index in [9.17, 15) is 9.59 Å². The van der Waals surface area contributed by atoms with Crippen molar-refractivity contribution in [2.75, 3.05) is 20.3 Å². The Kier molecular flexibility index (Phi) is 6.78. The highest BCUT2D eigenvalue weighted by atomic mass is 35.5. The maximum absolute atomic E-state index is 11.8. The van der Waals surface area contributed by atoms with E-state index in [2.05, 4.69) is 5.32 Å². The molecular weight excluding hydrogens is 317 g/mol. The zero-order valence-corrected chi connectivity index (χ0v) is 13.5. The fourth-order valence-corrected chi connectivity index (χ4v) is 2.10. The van der Waals surface area contributed by atoms with E-state index in [1.54, 1.807) is 0 Å². The first kappa shape index (κ1) is 17.6. The number of ether oxygens (including phenoxy) is 2. The molecule has 0 atom stereocenters. The number of methoxy groups -OCH3 is 1. The SMILES string of the molecule is COc1c(Cl)cc(C(=O)OCC(=O)NCC(C)C)cc1Cl. The number of hydrogen-bond acceptors (Lipinski definition) is 4. The van der Waals surface area contributed by atoms with E-state index >= 15 is 0 Å². The molecular formula is C14H17Cl2NO4. The summed E-state index contributed by atoms with van der Waals surface area (Å²) >= 11 is 11.9. The highest BCUT2D eigenvalue weighted by Gasteiger charge is 2.15. The van der Waals surface area contributed by atoms with Crippen LogP contribution in [-0.2, 0) is 9.53 Å². The Hall–Kier alpha value is -1.46. The molecule has 0 spiro atoms. The molecule has 0 radical (unpaired) electrons. The molecule has 116 valence electrons. The minimum absolute atomic E-state index is 0.155. The lowest BCUT2D eigenvalue weighted by molar-refractivity contribution is -0.124. The summed E-state index contributed by atoms with van der Waals surface area (Å²) in [5, 5.41) is 3.03. The zero-order valence-electron chi connectivity index (χ0n) is 12.0. The van der Waals surface area contributed by atoms with Gasteiger partial charge in [-0.25, -0.2) is 4.79 Å². The highest BCUT2D eigenvalue weighted by molar-refractivity contribution is 6.37. The number of carbonyl (C=O) groups excluding carboxylic acids is 2. The first-order chi connectivity index (χ1) is 9.85. The predicted octanol–water partition coefficient (Wildman–Crippen LogP) is 2.93. The number of esters is 1. The zero-order chi connectivity index (χ0) is 16.0. The summed E-state index contributed by atoms with van der Waals surface area (Å²) in [4.78, 5) is 23.3. The van der Waals surface area contributed by atoms with Crippen LogP contribution in [0.15, 0.2) is 12.1 Å². The molecule has 0 bridgehead atoms. The summed E-state index contributed by atoms with van der Waals surface area (Å²) < 4.78 is 9.88. The number of halogens is 2. The minimum atomic E-state index is -0.679. The van der Waals surface area contributed by atoms with Crippen LogP contribution in [0.2, 0.25) is 10.0 Å². The van der Waals surface area contributed by atoms with Crippen LogP contribution in [0.5, 0.6) is 5.75 Å². The van der Waals surface area contributed by atoms with E-state index in [4.69, 9.17) is 32.7 Å².